The normalized spacial score (nSPS) is 13.1. The monoisotopic (exact) mass is 276 g/mol. The number of pyridine rings is 1. The Kier molecular flexibility index (Phi) is 5.14. The Morgan fingerprint density at radius 2 is 2.21 bits per heavy atom. The SMILES string of the molecule is CC(CCCNc1ncccc1C(F)(F)F)C(=O)O. The van der Waals surface area contributed by atoms with Crippen LogP contribution in [0.4, 0.5) is 19.0 Å². The van der Waals surface area contributed by atoms with Crippen LogP contribution in [0.15, 0.2) is 18.3 Å². The third-order valence-electron chi connectivity index (χ3n) is 2.64. The molecule has 106 valence electrons. The van der Waals surface area contributed by atoms with Crippen molar-refractivity contribution in [1.29, 1.82) is 0 Å². The van der Waals surface area contributed by atoms with Crippen molar-refractivity contribution in [2.75, 3.05) is 11.9 Å². The van der Waals surface area contributed by atoms with Gasteiger partial charge in [0.15, 0.2) is 0 Å². The van der Waals surface area contributed by atoms with Crippen LogP contribution in [0.25, 0.3) is 0 Å². The Balaban J connectivity index is 2.52. The van der Waals surface area contributed by atoms with Crippen LogP contribution < -0.4 is 5.32 Å². The minimum atomic E-state index is -4.45. The number of anilines is 1. The van der Waals surface area contributed by atoms with Crippen molar-refractivity contribution in [2.24, 2.45) is 5.92 Å². The molecule has 4 nitrogen and oxygen atoms in total. The van der Waals surface area contributed by atoms with Gasteiger partial charge in [-0.05, 0) is 25.0 Å². The molecule has 0 aliphatic rings. The van der Waals surface area contributed by atoms with Gasteiger partial charge in [-0.25, -0.2) is 4.98 Å². The molecule has 0 aliphatic carbocycles. The Bertz CT molecular complexity index is 435. The van der Waals surface area contributed by atoms with Gasteiger partial charge >= 0.3 is 12.1 Å². The number of carboxylic acids is 1. The minimum absolute atomic E-state index is 0.224. The van der Waals surface area contributed by atoms with Crippen LogP contribution in [0.2, 0.25) is 0 Å². The molecule has 1 unspecified atom stereocenters. The maximum atomic E-state index is 12.6. The first-order valence-corrected chi connectivity index (χ1v) is 5.81. The summed E-state index contributed by atoms with van der Waals surface area (Å²) >= 11 is 0. The molecule has 19 heavy (non-hydrogen) atoms. The number of nitrogens with zero attached hydrogens (tertiary/aromatic N) is 1. The third kappa shape index (κ3) is 4.76. The van der Waals surface area contributed by atoms with Crippen molar-refractivity contribution in [2.45, 2.75) is 25.9 Å². The first-order valence-electron chi connectivity index (χ1n) is 5.81. The smallest absolute Gasteiger partial charge is 0.419 e. The van der Waals surface area contributed by atoms with Crippen molar-refractivity contribution in [1.82, 2.24) is 4.98 Å². The average Bonchev–Trinajstić information content (AvgIpc) is 2.33. The fraction of sp³-hybridized carbons (Fsp3) is 0.500. The van der Waals surface area contributed by atoms with Gasteiger partial charge < -0.3 is 10.4 Å². The highest BCUT2D eigenvalue weighted by Crippen LogP contribution is 2.33. The van der Waals surface area contributed by atoms with E-state index in [0.717, 1.165) is 6.07 Å². The third-order valence-corrected chi connectivity index (χ3v) is 2.64. The summed E-state index contributed by atoms with van der Waals surface area (Å²) in [5.74, 6) is -1.64. The first-order chi connectivity index (χ1) is 8.82. The molecule has 1 heterocycles. The van der Waals surface area contributed by atoms with Gasteiger partial charge in [-0.2, -0.15) is 13.2 Å². The van der Waals surface area contributed by atoms with E-state index in [4.69, 9.17) is 5.11 Å². The van der Waals surface area contributed by atoms with Gasteiger partial charge in [0, 0.05) is 12.7 Å². The summed E-state index contributed by atoms with van der Waals surface area (Å²) in [6.07, 6.45) is -2.32. The number of aliphatic carboxylic acids is 1. The molecule has 0 bridgehead atoms. The number of alkyl halides is 3. The van der Waals surface area contributed by atoms with Crippen molar-refractivity contribution in [3.8, 4) is 0 Å². The van der Waals surface area contributed by atoms with Crippen LogP contribution in [-0.2, 0) is 11.0 Å². The largest absolute Gasteiger partial charge is 0.481 e. The highest BCUT2D eigenvalue weighted by molar-refractivity contribution is 5.69. The molecule has 0 saturated carbocycles. The van der Waals surface area contributed by atoms with E-state index in [-0.39, 0.29) is 12.4 Å². The molecule has 0 radical (unpaired) electrons. The van der Waals surface area contributed by atoms with Gasteiger partial charge in [-0.15, -0.1) is 0 Å². The predicted octanol–water partition coefficient (Wildman–Crippen LogP) is 3.01. The molecule has 1 rings (SSSR count). The van der Waals surface area contributed by atoms with Gasteiger partial charge in [-0.3, -0.25) is 4.79 Å². The number of carbonyl (C=O) groups is 1. The molecule has 7 heteroatoms. The van der Waals surface area contributed by atoms with E-state index in [1.54, 1.807) is 6.92 Å². The van der Waals surface area contributed by atoms with E-state index in [9.17, 15) is 18.0 Å². The molecule has 0 saturated heterocycles. The zero-order valence-electron chi connectivity index (χ0n) is 10.4. The van der Waals surface area contributed by atoms with Crippen molar-refractivity contribution in [3.05, 3.63) is 23.9 Å². The van der Waals surface area contributed by atoms with Crippen LogP contribution in [0.5, 0.6) is 0 Å². The van der Waals surface area contributed by atoms with E-state index < -0.39 is 23.6 Å². The Morgan fingerprint density at radius 3 is 2.79 bits per heavy atom. The first kappa shape index (κ1) is 15.3. The lowest BCUT2D eigenvalue weighted by molar-refractivity contribution is -0.141. The second-order valence-corrected chi connectivity index (χ2v) is 4.21. The van der Waals surface area contributed by atoms with Gasteiger partial charge in [0.2, 0.25) is 0 Å². The lowest BCUT2D eigenvalue weighted by Crippen LogP contribution is -2.15. The van der Waals surface area contributed by atoms with Crippen molar-refractivity contribution in [3.63, 3.8) is 0 Å². The fourth-order valence-corrected chi connectivity index (χ4v) is 1.51. The second kappa shape index (κ2) is 6.40. The van der Waals surface area contributed by atoms with E-state index >= 15 is 0 Å². The summed E-state index contributed by atoms with van der Waals surface area (Å²) in [5.41, 5.74) is -0.818. The van der Waals surface area contributed by atoms with Gasteiger partial charge in [-0.1, -0.05) is 6.92 Å². The minimum Gasteiger partial charge on any atom is -0.481 e. The average molecular weight is 276 g/mol. The van der Waals surface area contributed by atoms with Gasteiger partial charge in [0.25, 0.3) is 0 Å². The number of halogens is 3. The molecule has 0 spiro atoms. The lowest BCUT2D eigenvalue weighted by Gasteiger charge is -2.13. The van der Waals surface area contributed by atoms with E-state index in [0.29, 0.717) is 12.8 Å². The van der Waals surface area contributed by atoms with Crippen LogP contribution in [-0.4, -0.2) is 22.6 Å². The molecular formula is C12H15F3N2O2. The number of hydrogen-bond donors (Lipinski definition) is 2. The molecule has 0 aromatic carbocycles. The molecule has 1 atom stereocenters. The van der Waals surface area contributed by atoms with Crippen molar-refractivity contribution < 1.29 is 23.1 Å². The summed E-state index contributed by atoms with van der Waals surface area (Å²) < 4.78 is 37.9. The van der Waals surface area contributed by atoms with Crippen LogP contribution in [0, 0.1) is 5.92 Å². The fourth-order valence-electron chi connectivity index (χ4n) is 1.51. The summed E-state index contributed by atoms with van der Waals surface area (Å²) in [7, 11) is 0. The van der Waals surface area contributed by atoms with E-state index in [1.165, 1.54) is 12.3 Å². The van der Waals surface area contributed by atoms with E-state index in [2.05, 4.69) is 10.3 Å². The number of rotatable bonds is 6. The summed E-state index contributed by atoms with van der Waals surface area (Å²) in [6, 6.07) is 2.18. The highest BCUT2D eigenvalue weighted by Gasteiger charge is 2.33. The molecule has 2 N–H and O–H groups in total. The summed E-state index contributed by atoms with van der Waals surface area (Å²) in [4.78, 5) is 14.2. The summed E-state index contributed by atoms with van der Waals surface area (Å²) in [6.45, 7) is 1.81. The van der Waals surface area contributed by atoms with Gasteiger partial charge in [0.05, 0.1) is 11.5 Å². The number of aromatic nitrogens is 1. The number of hydrogen-bond acceptors (Lipinski definition) is 3. The molecule has 1 aromatic heterocycles. The van der Waals surface area contributed by atoms with Crippen LogP contribution >= 0.6 is 0 Å². The Hall–Kier alpha value is -1.79. The van der Waals surface area contributed by atoms with Crippen LogP contribution in [0.1, 0.15) is 25.3 Å². The summed E-state index contributed by atoms with van der Waals surface area (Å²) in [5, 5.41) is 11.3. The molecule has 0 fully saturated rings. The molecule has 0 aliphatic heterocycles. The molecular weight excluding hydrogens is 261 g/mol. The van der Waals surface area contributed by atoms with Crippen molar-refractivity contribution >= 4 is 11.8 Å². The molecule has 0 amide bonds. The predicted molar refractivity (Wildman–Crippen MR) is 63.8 cm³/mol. The zero-order valence-corrected chi connectivity index (χ0v) is 10.4. The Labute approximate surface area is 108 Å². The van der Waals surface area contributed by atoms with Gasteiger partial charge in [0.1, 0.15) is 5.82 Å². The number of nitrogens with one attached hydrogen (secondary N) is 1. The maximum absolute atomic E-state index is 12.6. The number of carboxylic acid groups (broad SMARTS) is 1. The zero-order chi connectivity index (χ0) is 14.5. The second-order valence-electron chi connectivity index (χ2n) is 4.21. The Morgan fingerprint density at radius 1 is 1.53 bits per heavy atom. The van der Waals surface area contributed by atoms with E-state index in [1.807, 2.05) is 0 Å². The van der Waals surface area contributed by atoms with Crippen LogP contribution in [0.3, 0.4) is 0 Å². The standard InChI is InChI=1S/C12H15F3N2O2/c1-8(11(18)19)4-2-6-16-10-9(12(13,14)15)5-3-7-17-10/h3,5,7-8H,2,4,6H2,1H3,(H,16,17)(H,18,19). The quantitative estimate of drug-likeness (QED) is 0.784. The topological polar surface area (TPSA) is 62.2 Å². The lowest BCUT2D eigenvalue weighted by atomic mass is 10.1. The maximum Gasteiger partial charge on any atom is 0.419 e. The molecule has 1 aromatic rings. The highest BCUT2D eigenvalue weighted by atomic mass is 19.4.